The monoisotopic (exact) mass is 221 g/mol. The van der Waals surface area contributed by atoms with Gasteiger partial charge in [0.25, 0.3) is 5.89 Å². The summed E-state index contributed by atoms with van der Waals surface area (Å²) in [5, 5.41) is 3.46. The molecule has 84 valence electrons. The fourth-order valence-electron chi connectivity index (χ4n) is 1.20. The Hall–Kier alpha value is -1.11. The molecule has 1 saturated carbocycles. The molecule has 1 aromatic heterocycles. The van der Waals surface area contributed by atoms with Crippen LogP contribution in [0.15, 0.2) is 4.52 Å². The van der Waals surface area contributed by atoms with E-state index < -0.39 is 18.1 Å². The van der Waals surface area contributed by atoms with Gasteiger partial charge in [0.05, 0.1) is 0 Å². The lowest BCUT2D eigenvalue weighted by Crippen LogP contribution is -2.28. The predicted octanol–water partition coefficient (Wildman–Crippen LogP) is 1.58. The highest BCUT2D eigenvalue weighted by molar-refractivity contribution is 4.97. The first-order chi connectivity index (χ1) is 6.97. The molecule has 1 aliphatic rings. The van der Waals surface area contributed by atoms with E-state index in [1.165, 1.54) is 0 Å². The summed E-state index contributed by atoms with van der Waals surface area (Å²) in [5.74, 6) is 0.253. The molecule has 0 spiro atoms. The molecule has 15 heavy (non-hydrogen) atoms. The summed E-state index contributed by atoms with van der Waals surface area (Å²) in [5.41, 5.74) is 4.91. The summed E-state index contributed by atoms with van der Waals surface area (Å²) in [6.45, 7) is 0. The molecular weight excluding hydrogens is 211 g/mol. The molecule has 0 aliphatic heterocycles. The second kappa shape index (κ2) is 3.48. The molecular formula is C8H10F3N3O. The van der Waals surface area contributed by atoms with Gasteiger partial charge in [-0.3, -0.25) is 0 Å². The first kappa shape index (κ1) is 10.4. The molecule has 0 aromatic carbocycles. The Bertz CT molecular complexity index is 345. The summed E-state index contributed by atoms with van der Waals surface area (Å²) in [6, 6.07) is -2.18. The van der Waals surface area contributed by atoms with Crippen molar-refractivity contribution in [2.45, 2.75) is 31.5 Å². The van der Waals surface area contributed by atoms with Crippen molar-refractivity contribution in [3.63, 3.8) is 0 Å². The van der Waals surface area contributed by atoms with Gasteiger partial charge in [-0.15, -0.1) is 0 Å². The van der Waals surface area contributed by atoms with Crippen molar-refractivity contribution < 1.29 is 17.7 Å². The van der Waals surface area contributed by atoms with Crippen molar-refractivity contribution >= 4 is 0 Å². The Labute approximate surface area is 83.6 Å². The number of hydrogen-bond acceptors (Lipinski definition) is 4. The zero-order chi connectivity index (χ0) is 11.1. The number of alkyl halides is 3. The van der Waals surface area contributed by atoms with Crippen LogP contribution in [0.1, 0.15) is 30.6 Å². The summed E-state index contributed by atoms with van der Waals surface area (Å²) in [7, 11) is 0. The molecule has 2 rings (SSSR count). The Balaban J connectivity index is 2.05. The van der Waals surface area contributed by atoms with E-state index in [0.29, 0.717) is 18.2 Å². The number of nitrogens with zero attached hydrogens (tertiary/aromatic N) is 2. The van der Waals surface area contributed by atoms with E-state index in [2.05, 4.69) is 14.7 Å². The number of aromatic nitrogens is 2. The summed E-state index contributed by atoms with van der Waals surface area (Å²) < 4.78 is 41.0. The van der Waals surface area contributed by atoms with E-state index in [0.717, 1.165) is 12.8 Å². The van der Waals surface area contributed by atoms with Crippen LogP contribution in [0.25, 0.3) is 0 Å². The number of rotatable bonds is 3. The molecule has 7 heteroatoms. The Kier molecular flexibility index (Phi) is 2.41. The van der Waals surface area contributed by atoms with E-state index in [-0.39, 0.29) is 0 Å². The minimum absolute atomic E-state index is 0.312. The highest BCUT2D eigenvalue weighted by atomic mass is 19.4. The normalized spacial score (nSPS) is 19.2. The molecule has 1 aromatic rings. The molecule has 2 N–H and O–H groups in total. The van der Waals surface area contributed by atoms with Crippen LogP contribution in [0, 0.1) is 5.92 Å². The summed E-state index contributed by atoms with van der Waals surface area (Å²) >= 11 is 0. The standard InChI is InChI=1S/C8H10F3N3O/c9-8(10,11)6(12)7-13-5(14-15-7)3-4-1-2-4/h4,6H,1-3,12H2. The fraction of sp³-hybridized carbons (Fsp3) is 0.750. The largest absolute Gasteiger partial charge is 0.412 e. The molecule has 1 unspecified atom stereocenters. The van der Waals surface area contributed by atoms with E-state index in [4.69, 9.17) is 5.73 Å². The Morgan fingerprint density at radius 1 is 1.47 bits per heavy atom. The van der Waals surface area contributed by atoms with Crippen LogP contribution in [0.2, 0.25) is 0 Å². The van der Waals surface area contributed by atoms with Crippen molar-refractivity contribution in [3.05, 3.63) is 11.7 Å². The third-order valence-corrected chi connectivity index (χ3v) is 2.27. The van der Waals surface area contributed by atoms with Crippen molar-refractivity contribution in [2.75, 3.05) is 0 Å². The summed E-state index contributed by atoms with van der Waals surface area (Å²) in [6.07, 6.45) is -1.80. The van der Waals surface area contributed by atoms with Gasteiger partial charge in [0.1, 0.15) is 0 Å². The first-order valence-corrected chi connectivity index (χ1v) is 4.61. The lowest BCUT2D eigenvalue weighted by atomic mass is 10.3. The van der Waals surface area contributed by atoms with E-state index >= 15 is 0 Å². The maximum Gasteiger partial charge on any atom is 0.412 e. The van der Waals surface area contributed by atoms with Crippen LogP contribution in [0.4, 0.5) is 13.2 Å². The lowest BCUT2D eigenvalue weighted by molar-refractivity contribution is -0.154. The highest BCUT2D eigenvalue weighted by Crippen LogP contribution is 2.33. The van der Waals surface area contributed by atoms with E-state index in [1.807, 2.05) is 0 Å². The molecule has 0 radical (unpaired) electrons. The molecule has 0 amide bonds. The molecule has 1 fully saturated rings. The Morgan fingerprint density at radius 2 is 2.13 bits per heavy atom. The maximum absolute atomic E-state index is 12.2. The quantitative estimate of drug-likeness (QED) is 0.841. The van der Waals surface area contributed by atoms with Gasteiger partial charge in [-0.2, -0.15) is 18.2 Å². The third-order valence-electron chi connectivity index (χ3n) is 2.27. The average molecular weight is 221 g/mol. The van der Waals surface area contributed by atoms with Crippen LogP contribution < -0.4 is 5.73 Å². The number of nitrogens with two attached hydrogens (primary N) is 1. The van der Waals surface area contributed by atoms with Crippen LogP contribution >= 0.6 is 0 Å². The number of halogens is 3. The van der Waals surface area contributed by atoms with Gasteiger partial charge in [-0.25, -0.2) is 0 Å². The zero-order valence-corrected chi connectivity index (χ0v) is 7.79. The van der Waals surface area contributed by atoms with Gasteiger partial charge in [0, 0.05) is 6.42 Å². The maximum atomic E-state index is 12.2. The highest BCUT2D eigenvalue weighted by Gasteiger charge is 2.42. The molecule has 1 aliphatic carbocycles. The second-order valence-electron chi connectivity index (χ2n) is 3.72. The predicted molar refractivity (Wildman–Crippen MR) is 43.7 cm³/mol. The van der Waals surface area contributed by atoms with Gasteiger partial charge in [0.2, 0.25) is 0 Å². The van der Waals surface area contributed by atoms with Crippen molar-refractivity contribution in [3.8, 4) is 0 Å². The average Bonchev–Trinajstić information content (AvgIpc) is 2.80. The van der Waals surface area contributed by atoms with Gasteiger partial charge in [-0.05, 0) is 18.8 Å². The number of hydrogen-bond donors (Lipinski definition) is 1. The molecule has 0 saturated heterocycles. The van der Waals surface area contributed by atoms with Crippen molar-refractivity contribution in [2.24, 2.45) is 11.7 Å². The molecule has 1 heterocycles. The fourth-order valence-corrected chi connectivity index (χ4v) is 1.20. The molecule has 1 atom stereocenters. The molecule has 4 nitrogen and oxygen atoms in total. The molecule has 0 bridgehead atoms. The lowest BCUT2D eigenvalue weighted by Gasteiger charge is -2.09. The van der Waals surface area contributed by atoms with Crippen LogP contribution in [0.5, 0.6) is 0 Å². The minimum atomic E-state index is -4.54. The van der Waals surface area contributed by atoms with Crippen molar-refractivity contribution in [1.29, 1.82) is 0 Å². The zero-order valence-electron chi connectivity index (χ0n) is 7.79. The van der Waals surface area contributed by atoms with Gasteiger partial charge in [0.15, 0.2) is 11.9 Å². The van der Waals surface area contributed by atoms with Gasteiger partial charge >= 0.3 is 6.18 Å². The van der Waals surface area contributed by atoms with Crippen molar-refractivity contribution in [1.82, 2.24) is 10.1 Å². The van der Waals surface area contributed by atoms with Crippen LogP contribution in [0.3, 0.4) is 0 Å². The van der Waals surface area contributed by atoms with Gasteiger partial charge < -0.3 is 10.3 Å². The van der Waals surface area contributed by atoms with Crippen LogP contribution in [-0.4, -0.2) is 16.3 Å². The van der Waals surface area contributed by atoms with Gasteiger partial charge in [-0.1, -0.05) is 5.16 Å². The first-order valence-electron chi connectivity index (χ1n) is 4.61. The van der Waals surface area contributed by atoms with E-state index in [1.54, 1.807) is 0 Å². The smallest absolute Gasteiger partial charge is 0.337 e. The summed E-state index contributed by atoms with van der Waals surface area (Å²) in [4.78, 5) is 3.63. The second-order valence-corrected chi connectivity index (χ2v) is 3.72. The minimum Gasteiger partial charge on any atom is -0.337 e. The Morgan fingerprint density at radius 3 is 2.67 bits per heavy atom. The topological polar surface area (TPSA) is 64.9 Å². The SMILES string of the molecule is NC(c1nc(CC2CC2)no1)C(F)(F)F. The van der Waals surface area contributed by atoms with E-state index in [9.17, 15) is 13.2 Å². The van der Waals surface area contributed by atoms with Crippen LogP contribution in [-0.2, 0) is 6.42 Å². The third kappa shape index (κ3) is 2.47.